The number of azo groups is 1. The first kappa shape index (κ1) is 14.5. The topological polar surface area (TPSA) is 62.0 Å². The molecule has 17 heavy (non-hydrogen) atoms. The normalized spacial score (nSPS) is 12.1. The summed E-state index contributed by atoms with van der Waals surface area (Å²) in [6.07, 6.45) is 0. The summed E-state index contributed by atoms with van der Waals surface area (Å²) < 4.78 is -2.36. The van der Waals surface area contributed by atoms with E-state index in [0.29, 0.717) is 0 Å². The molecule has 0 saturated carbocycles. The van der Waals surface area contributed by atoms with Crippen molar-refractivity contribution in [1.82, 2.24) is 0 Å². The lowest BCUT2D eigenvalue weighted by Crippen LogP contribution is -2.21. The number of hydrogen-bond donors (Lipinski definition) is 1. The smallest absolute Gasteiger partial charge is 0.365 e. The van der Waals surface area contributed by atoms with Crippen LogP contribution in [-0.4, -0.2) is 15.5 Å². The fraction of sp³-hybridized carbons (Fsp3) is 0.222. The fourth-order valence-electron chi connectivity index (χ4n) is 0.943. The van der Waals surface area contributed by atoms with Crippen LogP contribution < -0.4 is 0 Å². The van der Waals surface area contributed by atoms with E-state index in [0.717, 1.165) is 5.56 Å². The number of aliphatic carboxylic acids is 1. The van der Waals surface area contributed by atoms with E-state index in [4.69, 9.17) is 51.5 Å². The zero-order chi connectivity index (χ0) is 13.2. The molecule has 0 aromatic heterocycles. The lowest BCUT2D eigenvalue weighted by molar-refractivity contribution is -0.137. The second-order valence-corrected chi connectivity index (χ2v) is 5.23. The third kappa shape index (κ3) is 3.71. The van der Waals surface area contributed by atoms with Gasteiger partial charge >= 0.3 is 10.4 Å². The third-order valence-electron chi connectivity index (χ3n) is 1.69. The number of carbonyl (C=O) groups is 1. The molecule has 0 amide bonds. The maximum atomic E-state index is 10.6. The van der Waals surface area contributed by atoms with E-state index in [1.807, 2.05) is 0 Å². The molecule has 1 N–H and O–H groups in total. The van der Waals surface area contributed by atoms with Gasteiger partial charge in [0.15, 0.2) is 0 Å². The minimum Gasteiger partial charge on any atom is -0.478 e. The number of hydrogen-bond acceptors (Lipinski definition) is 3. The number of carboxylic acid groups (broad SMARTS) is 1. The predicted octanol–water partition coefficient (Wildman–Crippen LogP) is 4.60. The molecule has 8 heteroatoms. The zero-order valence-electron chi connectivity index (χ0n) is 8.42. The highest BCUT2D eigenvalue weighted by molar-refractivity contribution is 6.57. The number of carboxylic acids is 1. The zero-order valence-corrected chi connectivity index (χ0v) is 11.4. The van der Waals surface area contributed by atoms with E-state index < -0.39 is 10.4 Å². The molecule has 0 aliphatic heterocycles. The van der Waals surface area contributed by atoms with Gasteiger partial charge in [0.05, 0.1) is 10.0 Å². The Morgan fingerprint density at radius 1 is 1.29 bits per heavy atom. The van der Waals surface area contributed by atoms with Crippen molar-refractivity contribution in [3.8, 4) is 0 Å². The van der Waals surface area contributed by atoms with Gasteiger partial charge in [-0.25, -0.2) is 4.79 Å². The number of benzene rings is 1. The summed E-state index contributed by atoms with van der Waals surface area (Å²) in [5, 5.41) is 15.9. The van der Waals surface area contributed by atoms with Crippen molar-refractivity contribution in [2.24, 2.45) is 10.2 Å². The first-order valence-electron chi connectivity index (χ1n) is 4.24. The van der Waals surface area contributed by atoms with Crippen LogP contribution in [0.4, 0.5) is 5.69 Å². The van der Waals surface area contributed by atoms with E-state index in [-0.39, 0.29) is 15.7 Å². The molecule has 1 rings (SSSR count). The van der Waals surface area contributed by atoms with Crippen LogP contribution in [0.3, 0.4) is 0 Å². The van der Waals surface area contributed by atoms with Crippen LogP contribution in [0.15, 0.2) is 22.4 Å². The Morgan fingerprint density at radius 2 is 1.76 bits per heavy atom. The van der Waals surface area contributed by atoms with E-state index in [1.165, 1.54) is 0 Å². The lowest BCUT2D eigenvalue weighted by Gasteiger charge is -2.07. The molecular formula is C9H6Cl4N2O2. The van der Waals surface area contributed by atoms with Crippen molar-refractivity contribution in [3.63, 3.8) is 0 Å². The second kappa shape index (κ2) is 5.40. The SMILES string of the molecule is Cc1cc(Cl)c(/N=N/C(Cl)(Cl)C(=O)O)c(Cl)c1. The largest absolute Gasteiger partial charge is 0.478 e. The van der Waals surface area contributed by atoms with Crippen molar-refractivity contribution in [1.29, 1.82) is 0 Å². The summed E-state index contributed by atoms with van der Waals surface area (Å²) in [5.74, 6) is -1.54. The van der Waals surface area contributed by atoms with Crippen molar-refractivity contribution < 1.29 is 9.90 Å². The molecule has 0 unspecified atom stereocenters. The van der Waals surface area contributed by atoms with Crippen LogP contribution in [0, 0.1) is 6.92 Å². The van der Waals surface area contributed by atoms with Crippen LogP contribution >= 0.6 is 46.4 Å². The molecule has 0 radical (unpaired) electrons. The van der Waals surface area contributed by atoms with Gasteiger partial charge in [-0.15, -0.1) is 10.2 Å². The average Bonchev–Trinajstić information content (AvgIpc) is 2.15. The highest BCUT2D eigenvalue weighted by atomic mass is 35.5. The lowest BCUT2D eigenvalue weighted by atomic mass is 10.2. The molecule has 1 aromatic carbocycles. The summed E-state index contributed by atoms with van der Waals surface area (Å²) in [7, 11) is 0. The molecular weight excluding hydrogens is 310 g/mol. The van der Waals surface area contributed by atoms with Crippen molar-refractivity contribution in [2.45, 2.75) is 11.4 Å². The molecule has 0 atom stereocenters. The Bertz CT molecular complexity index is 465. The molecule has 0 spiro atoms. The molecule has 1 aromatic rings. The van der Waals surface area contributed by atoms with Crippen LogP contribution in [0.2, 0.25) is 10.0 Å². The molecule has 0 saturated heterocycles. The Morgan fingerprint density at radius 3 is 2.18 bits per heavy atom. The van der Waals surface area contributed by atoms with Crippen LogP contribution in [0.1, 0.15) is 5.56 Å². The number of aryl methyl sites for hydroxylation is 1. The van der Waals surface area contributed by atoms with E-state index in [9.17, 15) is 4.79 Å². The van der Waals surface area contributed by atoms with Crippen molar-refractivity contribution >= 4 is 58.1 Å². The van der Waals surface area contributed by atoms with Crippen LogP contribution in [0.25, 0.3) is 0 Å². The van der Waals surface area contributed by atoms with Gasteiger partial charge in [-0.2, -0.15) is 0 Å². The Balaban J connectivity index is 3.12. The molecule has 0 fully saturated rings. The second-order valence-electron chi connectivity index (χ2n) is 3.12. The van der Waals surface area contributed by atoms with Crippen molar-refractivity contribution in [3.05, 3.63) is 27.7 Å². The summed E-state index contributed by atoms with van der Waals surface area (Å²) >= 11 is 22.5. The Hall–Kier alpha value is -0.550. The standard InChI is InChI=1S/C9H6Cl4N2O2/c1-4-2-5(10)7(6(11)3-4)14-15-9(12,13)8(16)17/h2-3H,1H3,(H,16,17)/b15-14+. The van der Waals surface area contributed by atoms with Crippen molar-refractivity contribution in [2.75, 3.05) is 0 Å². The monoisotopic (exact) mass is 314 g/mol. The summed E-state index contributed by atoms with van der Waals surface area (Å²) in [4.78, 5) is 10.6. The van der Waals surface area contributed by atoms with Gasteiger partial charge in [-0.05, 0) is 24.6 Å². The molecule has 0 aliphatic rings. The minimum atomic E-state index is -2.36. The third-order valence-corrected chi connectivity index (χ3v) is 2.74. The number of alkyl halides is 2. The van der Waals surface area contributed by atoms with E-state index >= 15 is 0 Å². The Labute approximate surface area is 117 Å². The average molecular weight is 316 g/mol. The highest BCUT2D eigenvalue weighted by Gasteiger charge is 2.33. The van der Waals surface area contributed by atoms with Gasteiger partial charge in [-0.3, -0.25) is 0 Å². The summed E-state index contributed by atoms with van der Waals surface area (Å²) in [6.45, 7) is 1.79. The molecule has 4 nitrogen and oxygen atoms in total. The van der Waals surface area contributed by atoms with Gasteiger partial charge in [0.2, 0.25) is 0 Å². The van der Waals surface area contributed by atoms with Gasteiger partial charge in [0.1, 0.15) is 5.69 Å². The number of halogens is 4. The van der Waals surface area contributed by atoms with Crippen LogP contribution in [-0.2, 0) is 4.79 Å². The number of rotatable bonds is 3. The minimum absolute atomic E-state index is 0.117. The van der Waals surface area contributed by atoms with Gasteiger partial charge in [0.25, 0.3) is 0 Å². The molecule has 0 aliphatic carbocycles. The molecule has 92 valence electrons. The Kier molecular flexibility index (Phi) is 4.61. The fourth-order valence-corrected chi connectivity index (χ4v) is 1.69. The van der Waals surface area contributed by atoms with E-state index in [1.54, 1.807) is 19.1 Å². The first-order chi connectivity index (χ1) is 7.74. The van der Waals surface area contributed by atoms with E-state index in [2.05, 4.69) is 10.2 Å². The first-order valence-corrected chi connectivity index (χ1v) is 5.75. The quantitative estimate of drug-likeness (QED) is 0.503. The summed E-state index contributed by atoms with van der Waals surface area (Å²) in [5.41, 5.74) is 0.950. The van der Waals surface area contributed by atoms with Gasteiger partial charge < -0.3 is 5.11 Å². The summed E-state index contributed by atoms with van der Waals surface area (Å²) in [6, 6.07) is 3.21. The maximum Gasteiger partial charge on any atom is 0.365 e. The number of nitrogens with zero attached hydrogens (tertiary/aromatic N) is 2. The van der Waals surface area contributed by atoms with Gasteiger partial charge in [0, 0.05) is 0 Å². The van der Waals surface area contributed by atoms with Crippen LogP contribution in [0.5, 0.6) is 0 Å². The van der Waals surface area contributed by atoms with Gasteiger partial charge in [-0.1, -0.05) is 46.4 Å². The highest BCUT2D eigenvalue weighted by Crippen LogP contribution is 2.36. The maximum absolute atomic E-state index is 10.6. The molecule has 0 heterocycles. The predicted molar refractivity (Wildman–Crippen MR) is 67.8 cm³/mol. The molecule has 0 bridgehead atoms.